The predicted molar refractivity (Wildman–Crippen MR) is 56.3 cm³/mol. The average molecular weight is 208 g/mol. The summed E-state index contributed by atoms with van der Waals surface area (Å²) < 4.78 is 4.68. The molecule has 2 aliphatic rings. The summed E-state index contributed by atoms with van der Waals surface area (Å²) in [5, 5.41) is 9.93. The lowest BCUT2D eigenvalue weighted by atomic mass is 9.75. The Labute approximate surface area is 89.4 Å². The maximum atomic E-state index is 11.5. The van der Waals surface area contributed by atoms with Gasteiger partial charge < -0.3 is 9.84 Å². The Balaban J connectivity index is 2.39. The van der Waals surface area contributed by atoms with E-state index in [-0.39, 0.29) is 17.1 Å². The van der Waals surface area contributed by atoms with Crippen LogP contribution in [0.1, 0.15) is 26.2 Å². The fourth-order valence-electron chi connectivity index (χ4n) is 2.72. The highest BCUT2D eigenvalue weighted by Gasteiger charge is 2.47. The predicted octanol–water partition coefficient (Wildman–Crippen LogP) is 2.35. The van der Waals surface area contributed by atoms with E-state index in [2.05, 4.69) is 18.2 Å². The molecule has 2 aliphatic carbocycles. The van der Waals surface area contributed by atoms with Crippen molar-refractivity contribution in [3.63, 3.8) is 0 Å². The van der Waals surface area contributed by atoms with Crippen molar-refractivity contribution in [1.82, 2.24) is 0 Å². The molecule has 15 heavy (non-hydrogen) atoms. The molecule has 1 fully saturated rings. The maximum Gasteiger partial charge on any atom is 0.337 e. The fourth-order valence-corrected chi connectivity index (χ4v) is 2.72. The van der Waals surface area contributed by atoms with E-state index in [0.29, 0.717) is 12.0 Å². The van der Waals surface area contributed by atoms with Crippen molar-refractivity contribution in [1.29, 1.82) is 0 Å². The molecule has 82 valence electrons. The lowest BCUT2D eigenvalue weighted by Gasteiger charge is -2.30. The molecular formula is C12H16O3. The van der Waals surface area contributed by atoms with Crippen LogP contribution in [0.2, 0.25) is 0 Å². The zero-order chi connectivity index (χ0) is 11.2. The molecular weight excluding hydrogens is 192 g/mol. The summed E-state index contributed by atoms with van der Waals surface area (Å²) in [5.41, 5.74) is 1.55. The number of hydrogen-bond donors (Lipinski definition) is 1. The van der Waals surface area contributed by atoms with E-state index < -0.39 is 5.97 Å². The van der Waals surface area contributed by atoms with Gasteiger partial charge in [0.05, 0.1) is 12.7 Å². The summed E-state index contributed by atoms with van der Waals surface area (Å²) in [6, 6.07) is 0. The van der Waals surface area contributed by atoms with Crippen LogP contribution in [-0.4, -0.2) is 18.2 Å². The Morgan fingerprint density at radius 2 is 2.33 bits per heavy atom. The zero-order valence-corrected chi connectivity index (χ0v) is 9.17. The molecule has 0 radical (unpaired) electrons. The molecule has 2 rings (SSSR count). The van der Waals surface area contributed by atoms with Crippen molar-refractivity contribution in [2.45, 2.75) is 26.2 Å². The van der Waals surface area contributed by atoms with Crippen LogP contribution in [0.3, 0.4) is 0 Å². The van der Waals surface area contributed by atoms with Gasteiger partial charge in [-0.05, 0) is 24.7 Å². The number of rotatable bonds is 1. The van der Waals surface area contributed by atoms with Gasteiger partial charge in [0, 0.05) is 5.92 Å². The normalized spacial score (nSPS) is 34.5. The van der Waals surface area contributed by atoms with Gasteiger partial charge >= 0.3 is 5.97 Å². The number of allylic oxidation sites excluding steroid dienone is 2. The molecule has 0 heterocycles. The minimum absolute atomic E-state index is 0.0274. The number of esters is 1. The molecule has 0 amide bonds. The SMILES string of the molecule is C=C1CC2CC1(C)CC(C(=O)OC)=C2O. The third-order valence-electron chi connectivity index (χ3n) is 3.74. The standard InChI is InChI=1S/C12H16O3/c1-7-4-8-5-12(7,2)6-9(10(8)13)11(14)15-3/h8,13H,1,4-6H2,2-3H3. The highest BCUT2D eigenvalue weighted by molar-refractivity contribution is 5.89. The first-order valence-corrected chi connectivity index (χ1v) is 5.16. The molecule has 0 aliphatic heterocycles. The van der Waals surface area contributed by atoms with Crippen LogP contribution < -0.4 is 0 Å². The second kappa shape index (κ2) is 3.12. The van der Waals surface area contributed by atoms with Crippen molar-refractivity contribution in [3.8, 4) is 0 Å². The summed E-state index contributed by atoms with van der Waals surface area (Å²) >= 11 is 0. The van der Waals surface area contributed by atoms with Crippen molar-refractivity contribution in [3.05, 3.63) is 23.5 Å². The van der Waals surface area contributed by atoms with E-state index in [1.165, 1.54) is 7.11 Å². The quantitative estimate of drug-likeness (QED) is 0.531. The van der Waals surface area contributed by atoms with Gasteiger partial charge in [0.1, 0.15) is 5.76 Å². The molecule has 3 nitrogen and oxygen atoms in total. The fraction of sp³-hybridized carbons (Fsp3) is 0.583. The van der Waals surface area contributed by atoms with Gasteiger partial charge in [-0.3, -0.25) is 0 Å². The Bertz CT molecular complexity index is 367. The van der Waals surface area contributed by atoms with E-state index in [0.717, 1.165) is 18.4 Å². The molecule has 0 saturated heterocycles. The Kier molecular flexibility index (Phi) is 2.14. The molecule has 1 N–H and O–H groups in total. The average Bonchev–Trinajstić information content (AvgIpc) is 2.45. The Morgan fingerprint density at radius 3 is 2.93 bits per heavy atom. The maximum absolute atomic E-state index is 11.5. The highest BCUT2D eigenvalue weighted by Crippen LogP contribution is 2.55. The minimum Gasteiger partial charge on any atom is -0.511 e. The van der Waals surface area contributed by atoms with Crippen molar-refractivity contribution < 1.29 is 14.6 Å². The molecule has 0 aromatic heterocycles. The second-order valence-electron chi connectivity index (χ2n) is 4.80. The molecule has 2 unspecified atom stereocenters. The largest absolute Gasteiger partial charge is 0.511 e. The molecule has 2 bridgehead atoms. The lowest BCUT2D eigenvalue weighted by Crippen LogP contribution is -2.25. The zero-order valence-electron chi connectivity index (χ0n) is 9.17. The number of carbonyl (C=O) groups is 1. The van der Waals surface area contributed by atoms with Gasteiger partial charge in [-0.1, -0.05) is 19.1 Å². The van der Waals surface area contributed by atoms with Gasteiger partial charge in [0.25, 0.3) is 0 Å². The third kappa shape index (κ3) is 1.37. The number of aliphatic hydroxyl groups excluding tert-OH is 1. The number of fused-ring (bicyclic) bond motifs is 2. The minimum atomic E-state index is -0.405. The number of aliphatic hydroxyl groups is 1. The first-order valence-electron chi connectivity index (χ1n) is 5.16. The Hall–Kier alpha value is -1.25. The van der Waals surface area contributed by atoms with Gasteiger partial charge in [-0.25, -0.2) is 4.79 Å². The molecule has 0 spiro atoms. The van der Waals surface area contributed by atoms with E-state index >= 15 is 0 Å². The van der Waals surface area contributed by atoms with Gasteiger partial charge in [-0.2, -0.15) is 0 Å². The van der Waals surface area contributed by atoms with Crippen molar-refractivity contribution >= 4 is 5.97 Å². The van der Waals surface area contributed by atoms with Gasteiger partial charge in [-0.15, -0.1) is 0 Å². The first kappa shape index (κ1) is 10.3. The van der Waals surface area contributed by atoms with Crippen LogP contribution in [0.4, 0.5) is 0 Å². The number of ether oxygens (including phenoxy) is 1. The van der Waals surface area contributed by atoms with Gasteiger partial charge in [0.15, 0.2) is 0 Å². The van der Waals surface area contributed by atoms with E-state index in [4.69, 9.17) is 0 Å². The van der Waals surface area contributed by atoms with Crippen LogP contribution in [0.25, 0.3) is 0 Å². The van der Waals surface area contributed by atoms with Crippen molar-refractivity contribution in [2.75, 3.05) is 7.11 Å². The molecule has 0 aromatic carbocycles. The Morgan fingerprint density at radius 1 is 1.67 bits per heavy atom. The molecule has 0 aromatic rings. The molecule has 2 atom stereocenters. The summed E-state index contributed by atoms with van der Waals surface area (Å²) in [6.07, 6.45) is 2.25. The summed E-state index contributed by atoms with van der Waals surface area (Å²) in [7, 11) is 1.34. The topological polar surface area (TPSA) is 46.5 Å². The van der Waals surface area contributed by atoms with Crippen LogP contribution in [0.15, 0.2) is 23.5 Å². The number of methoxy groups -OCH3 is 1. The van der Waals surface area contributed by atoms with Crippen LogP contribution in [0.5, 0.6) is 0 Å². The van der Waals surface area contributed by atoms with Crippen LogP contribution in [-0.2, 0) is 9.53 Å². The molecule has 1 saturated carbocycles. The highest BCUT2D eigenvalue weighted by atomic mass is 16.5. The van der Waals surface area contributed by atoms with Crippen LogP contribution >= 0.6 is 0 Å². The third-order valence-corrected chi connectivity index (χ3v) is 3.74. The smallest absolute Gasteiger partial charge is 0.337 e. The molecule has 3 heteroatoms. The monoisotopic (exact) mass is 208 g/mol. The van der Waals surface area contributed by atoms with Gasteiger partial charge in [0.2, 0.25) is 0 Å². The number of hydrogen-bond acceptors (Lipinski definition) is 3. The van der Waals surface area contributed by atoms with Crippen molar-refractivity contribution in [2.24, 2.45) is 11.3 Å². The second-order valence-corrected chi connectivity index (χ2v) is 4.80. The summed E-state index contributed by atoms with van der Waals surface area (Å²) in [4.78, 5) is 11.5. The summed E-state index contributed by atoms with van der Waals surface area (Å²) in [6.45, 7) is 6.13. The van der Waals surface area contributed by atoms with E-state index in [9.17, 15) is 9.90 Å². The summed E-state index contributed by atoms with van der Waals surface area (Å²) in [5.74, 6) is -0.110. The van der Waals surface area contributed by atoms with Crippen LogP contribution in [0, 0.1) is 11.3 Å². The van der Waals surface area contributed by atoms with E-state index in [1.54, 1.807) is 0 Å². The number of carbonyl (C=O) groups excluding carboxylic acids is 1. The first-order chi connectivity index (χ1) is 6.98. The lowest BCUT2D eigenvalue weighted by molar-refractivity contribution is -0.137. The van der Waals surface area contributed by atoms with E-state index in [1.807, 2.05) is 0 Å².